The summed E-state index contributed by atoms with van der Waals surface area (Å²) in [5, 5.41) is 0. The zero-order valence-electron chi connectivity index (χ0n) is 18.1. The highest BCUT2D eigenvalue weighted by Crippen LogP contribution is 2.51. The van der Waals surface area contributed by atoms with E-state index in [1.807, 2.05) is 0 Å². The number of benzene rings is 3. The van der Waals surface area contributed by atoms with Crippen LogP contribution in [0.5, 0.6) is 0 Å². The molecule has 0 bridgehead atoms. The van der Waals surface area contributed by atoms with Crippen molar-refractivity contribution >= 4 is 11.1 Å². The van der Waals surface area contributed by atoms with Crippen LogP contribution in [0.2, 0.25) is 0 Å². The minimum Gasteiger partial charge on any atom is -0.350 e. The highest BCUT2D eigenvalue weighted by molar-refractivity contribution is 6.11. The van der Waals surface area contributed by atoms with Gasteiger partial charge in [0.1, 0.15) is 0 Å². The van der Waals surface area contributed by atoms with E-state index in [0.717, 1.165) is 6.54 Å². The van der Waals surface area contributed by atoms with Gasteiger partial charge in [0.05, 0.1) is 0 Å². The van der Waals surface area contributed by atoms with E-state index in [0.29, 0.717) is 0 Å². The van der Waals surface area contributed by atoms with Gasteiger partial charge >= 0.3 is 0 Å². The molecule has 0 spiro atoms. The molecule has 0 atom stereocenters. The van der Waals surface area contributed by atoms with Crippen LogP contribution in [0.4, 0.5) is 0 Å². The Morgan fingerprint density at radius 1 is 0.581 bits per heavy atom. The molecule has 0 saturated carbocycles. The van der Waals surface area contributed by atoms with Gasteiger partial charge in [0.2, 0.25) is 0 Å². The predicted molar refractivity (Wildman–Crippen MR) is 131 cm³/mol. The maximum Gasteiger partial charge on any atom is 0.0473 e. The minimum atomic E-state index is 0.289. The van der Waals surface area contributed by atoms with Gasteiger partial charge in [-0.3, -0.25) is 0 Å². The first-order valence-corrected chi connectivity index (χ1v) is 11.0. The summed E-state index contributed by atoms with van der Waals surface area (Å²) in [5.41, 5.74) is 11.0. The number of allylic oxidation sites excluding steroid dienone is 4. The van der Waals surface area contributed by atoms with E-state index >= 15 is 0 Å². The number of aromatic nitrogens is 1. The molecule has 1 heterocycles. The lowest BCUT2D eigenvalue weighted by atomic mass is 9.85. The lowest BCUT2D eigenvalue weighted by Gasteiger charge is -2.20. The van der Waals surface area contributed by atoms with Crippen molar-refractivity contribution in [2.24, 2.45) is 0 Å². The highest BCUT2D eigenvalue weighted by Gasteiger charge is 2.32. The van der Waals surface area contributed by atoms with Crippen LogP contribution in [-0.2, 0) is 6.54 Å². The van der Waals surface area contributed by atoms with Crippen molar-refractivity contribution in [3.05, 3.63) is 143 Å². The quantitative estimate of drug-likeness (QED) is 0.325. The largest absolute Gasteiger partial charge is 0.350 e. The summed E-state index contributed by atoms with van der Waals surface area (Å²) in [6, 6.07) is 34.8. The van der Waals surface area contributed by atoms with Crippen LogP contribution in [0.25, 0.3) is 11.1 Å². The predicted octanol–water partition coefficient (Wildman–Crippen LogP) is 7.58. The zero-order valence-corrected chi connectivity index (χ0v) is 18.1. The summed E-state index contributed by atoms with van der Waals surface area (Å²) in [6.07, 6.45) is 4.28. The minimum absolute atomic E-state index is 0.289. The van der Waals surface area contributed by atoms with Crippen LogP contribution < -0.4 is 0 Å². The molecular weight excluding hydrogens is 374 g/mol. The van der Waals surface area contributed by atoms with Crippen molar-refractivity contribution in [3.63, 3.8) is 0 Å². The average molecular weight is 402 g/mol. The van der Waals surface area contributed by atoms with E-state index < -0.39 is 0 Å². The van der Waals surface area contributed by atoms with Crippen LogP contribution in [0, 0.1) is 0 Å². The molecule has 31 heavy (non-hydrogen) atoms. The maximum absolute atomic E-state index is 2.32. The van der Waals surface area contributed by atoms with Crippen LogP contribution in [0.15, 0.2) is 121 Å². The van der Waals surface area contributed by atoms with Gasteiger partial charge in [0, 0.05) is 24.9 Å². The molecule has 1 aromatic heterocycles. The summed E-state index contributed by atoms with van der Waals surface area (Å²) >= 11 is 0. The van der Waals surface area contributed by atoms with Crippen molar-refractivity contribution in [2.75, 3.05) is 0 Å². The van der Waals surface area contributed by atoms with Gasteiger partial charge in [-0.15, -0.1) is 0 Å². The second-order valence-electron chi connectivity index (χ2n) is 8.34. The third kappa shape index (κ3) is 3.57. The van der Waals surface area contributed by atoms with Gasteiger partial charge in [-0.2, -0.15) is 0 Å². The molecule has 1 aliphatic carbocycles. The molecule has 3 aromatic carbocycles. The Bertz CT molecular complexity index is 1180. The lowest BCUT2D eigenvalue weighted by molar-refractivity contribution is 0.784. The van der Waals surface area contributed by atoms with Crippen LogP contribution >= 0.6 is 0 Å². The van der Waals surface area contributed by atoms with Crippen molar-refractivity contribution in [1.29, 1.82) is 0 Å². The first-order valence-electron chi connectivity index (χ1n) is 11.0. The van der Waals surface area contributed by atoms with Crippen molar-refractivity contribution in [1.82, 2.24) is 4.57 Å². The SMILES string of the molecule is CC1=C(c2ccccc2)C(c2ccccc2)=C(C)C1c1ccccc1Cn1cccc1. The van der Waals surface area contributed by atoms with Gasteiger partial charge in [0.15, 0.2) is 0 Å². The second kappa shape index (κ2) is 8.28. The monoisotopic (exact) mass is 401 g/mol. The average Bonchev–Trinajstić information content (AvgIpc) is 3.41. The fourth-order valence-electron chi connectivity index (χ4n) is 5.06. The topological polar surface area (TPSA) is 4.93 Å². The molecule has 0 amide bonds. The third-order valence-corrected chi connectivity index (χ3v) is 6.41. The molecule has 1 aliphatic rings. The molecule has 4 aromatic rings. The van der Waals surface area contributed by atoms with E-state index in [9.17, 15) is 0 Å². The molecule has 0 N–H and O–H groups in total. The van der Waals surface area contributed by atoms with E-state index in [4.69, 9.17) is 0 Å². The van der Waals surface area contributed by atoms with Crippen molar-refractivity contribution in [2.45, 2.75) is 26.3 Å². The molecule has 0 fully saturated rings. The highest BCUT2D eigenvalue weighted by atomic mass is 14.9. The van der Waals surface area contributed by atoms with Gasteiger partial charge in [-0.1, -0.05) is 96.1 Å². The maximum atomic E-state index is 2.32. The summed E-state index contributed by atoms with van der Waals surface area (Å²) in [4.78, 5) is 0. The van der Waals surface area contributed by atoms with Gasteiger partial charge in [-0.05, 0) is 59.4 Å². The van der Waals surface area contributed by atoms with Gasteiger partial charge in [0.25, 0.3) is 0 Å². The first-order chi connectivity index (χ1) is 15.2. The Balaban J connectivity index is 1.70. The third-order valence-electron chi connectivity index (χ3n) is 6.41. The molecule has 5 rings (SSSR count). The molecule has 0 unspecified atom stereocenters. The number of hydrogen-bond acceptors (Lipinski definition) is 0. The van der Waals surface area contributed by atoms with Gasteiger partial charge in [-0.25, -0.2) is 0 Å². The molecule has 0 aliphatic heterocycles. The second-order valence-corrected chi connectivity index (χ2v) is 8.34. The van der Waals surface area contributed by atoms with E-state index in [-0.39, 0.29) is 5.92 Å². The van der Waals surface area contributed by atoms with E-state index in [1.54, 1.807) is 0 Å². The van der Waals surface area contributed by atoms with Gasteiger partial charge < -0.3 is 4.57 Å². The van der Waals surface area contributed by atoms with E-state index in [1.165, 1.54) is 44.5 Å². The fourth-order valence-corrected chi connectivity index (χ4v) is 5.06. The summed E-state index contributed by atoms with van der Waals surface area (Å²) < 4.78 is 2.25. The van der Waals surface area contributed by atoms with Crippen molar-refractivity contribution in [3.8, 4) is 0 Å². The Labute approximate surface area is 185 Å². The zero-order chi connectivity index (χ0) is 21.2. The molecule has 1 heteroatoms. The summed E-state index contributed by atoms with van der Waals surface area (Å²) in [5.74, 6) is 0.289. The van der Waals surface area contributed by atoms with Crippen LogP contribution in [0.3, 0.4) is 0 Å². The standard InChI is InChI=1S/C30H27N/c1-22-28(27-18-10-9-17-26(27)21-31-19-11-12-20-31)23(2)30(25-15-7-4-8-16-25)29(22)24-13-5-3-6-14-24/h3-20,28H,21H2,1-2H3. The number of hydrogen-bond donors (Lipinski definition) is 0. The smallest absolute Gasteiger partial charge is 0.0473 e. The number of nitrogens with zero attached hydrogens (tertiary/aromatic N) is 1. The van der Waals surface area contributed by atoms with E-state index in [2.05, 4.69) is 128 Å². The Kier molecular flexibility index (Phi) is 5.18. The molecular formula is C30H27N. The first kappa shape index (κ1) is 19.4. The van der Waals surface area contributed by atoms with Crippen LogP contribution in [0.1, 0.15) is 42.0 Å². The van der Waals surface area contributed by atoms with Crippen LogP contribution in [-0.4, -0.2) is 4.57 Å². The molecule has 0 saturated heterocycles. The Morgan fingerprint density at radius 2 is 1.06 bits per heavy atom. The Hall–Kier alpha value is -3.58. The summed E-state index contributed by atoms with van der Waals surface area (Å²) in [7, 11) is 0. The Morgan fingerprint density at radius 3 is 1.61 bits per heavy atom. The fraction of sp³-hybridized carbons (Fsp3) is 0.133. The number of rotatable bonds is 5. The molecule has 1 nitrogen and oxygen atoms in total. The molecule has 152 valence electrons. The normalized spacial score (nSPS) is 14.5. The lowest BCUT2D eigenvalue weighted by Crippen LogP contribution is -2.07. The van der Waals surface area contributed by atoms with Crippen molar-refractivity contribution < 1.29 is 0 Å². The molecule has 0 radical (unpaired) electrons. The summed E-state index contributed by atoms with van der Waals surface area (Å²) in [6.45, 7) is 5.53.